The van der Waals surface area contributed by atoms with Crippen molar-refractivity contribution in [2.75, 3.05) is 13.7 Å². The van der Waals surface area contributed by atoms with Gasteiger partial charge in [-0.1, -0.05) is 18.7 Å². The van der Waals surface area contributed by atoms with Crippen LogP contribution in [0.5, 0.6) is 11.5 Å². The van der Waals surface area contributed by atoms with Crippen molar-refractivity contribution in [2.24, 2.45) is 5.92 Å². The topological polar surface area (TPSA) is 18.5 Å². The summed E-state index contributed by atoms with van der Waals surface area (Å²) in [5, 5.41) is 0. The Morgan fingerprint density at radius 1 is 0.893 bits per heavy atom. The van der Waals surface area contributed by atoms with Gasteiger partial charge in [0.25, 0.3) is 0 Å². The molecule has 0 bridgehead atoms. The van der Waals surface area contributed by atoms with Crippen molar-refractivity contribution in [1.82, 2.24) is 0 Å². The molecular formula is C22H22F4O2. The van der Waals surface area contributed by atoms with Crippen molar-refractivity contribution in [3.63, 3.8) is 0 Å². The maximum atomic E-state index is 14.3. The second-order valence-corrected chi connectivity index (χ2v) is 7.00. The van der Waals surface area contributed by atoms with Crippen LogP contribution in [0, 0.1) is 29.2 Å². The van der Waals surface area contributed by atoms with E-state index in [1.165, 1.54) is 31.4 Å². The van der Waals surface area contributed by atoms with Gasteiger partial charge in [-0.05, 0) is 61.3 Å². The lowest BCUT2D eigenvalue weighted by Gasteiger charge is -2.29. The van der Waals surface area contributed by atoms with Gasteiger partial charge in [0, 0.05) is 5.56 Å². The maximum absolute atomic E-state index is 14.3. The first-order valence-corrected chi connectivity index (χ1v) is 9.21. The van der Waals surface area contributed by atoms with Crippen LogP contribution in [0.15, 0.2) is 30.8 Å². The normalized spacial score (nSPS) is 19.3. The molecular weight excluding hydrogens is 372 g/mol. The highest BCUT2D eigenvalue weighted by molar-refractivity contribution is 5.50. The smallest absolute Gasteiger partial charge is 0.201 e. The van der Waals surface area contributed by atoms with Gasteiger partial charge in [-0.2, -0.15) is 8.78 Å². The first-order chi connectivity index (χ1) is 13.5. The average Bonchev–Trinajstić information content (AvgIpc) is 2.72. The molecule has 1 aliphatic rings. The first-order valence-electron chi connectivity index (χ1n) is 9.21. The summed E-state index contributed by atoms with van der Waals surface area (Å²) in [7, 11) is 1.29. The molecule has 1 saturated carbocycles. The van der Waals surface area contributed by atoms with E-state index in [0.29, 0.717) is 18.4 Å². The molecule has 0 aliphatic heterocycles. The second-order valence-electron chi connectivity index (χ2n) is 7.00. The molecule has 150 valence electrons. The number of benzene rings is 2. The molecule has 0 heterocycles. The average molecular weight is 394 g/mol. The number of halogens is 4. The van der Waals surface area contributed by atoms with Gasteiger partial charge in [0.2, 0.25) is 11.6 Å². The van der Waals surface area contributed by atoms with Crippen molar-refractivity contribution in [3.8, 4) is 11.5 Å². The van der Waals surface area contributed by atoms with Crippen molar-refractivity contribution in [2.45, 2.75) is 31.6 Å². The Balaban J connectivity index is 1.59. The van der Waals surface area contributed by atoms with Crippen molar-refractivity contribution >= 4 is 6.08 Å². The van der Waals surface area contributed by atoms with Crippen LogP contribution in [0.4, 0.5) is 17.6 Å². The number of methoxy groups -OCH3 is 1. The summed E-state index contributed by atoms with van der Waals surface area (Å²) < 4.78 is 66.3. The van der Waals surface area contributed by atoms with Crippen LogP contribution in [-0.4, -0.2) is 13.7 Å². The number of hydrogen-bond acceptors (Lipinski definition) is 2. The standard InChI is InChI=1S/C22H22F4O2/c1-3-14-8-10-18(22(26)19(14)23)28-12-13-4-6-15(7-5-13)16-9-11-17(27-2)21(25)20(16)24/h3,8-11,13,15H,1,4-7,12H2,2H3. The lowest BCUT2D eigenvalue weighted by atomic mass is 9.79. The van der Waals surface area contributed by atoms with E-state index in [1.807, 2.05) is 0 Å². The Hall–Kier alpha value is -2.50. The molecule has 0 aromatic heterocycles. The quantitative estimate of drug-likeness (QED) is 0.540. The minimum absolute atomic E-state index is 0.0825. The molecule has 1 fully saturated rings. The van der Waals surface area contributed by atoms with Crippen LogP contribution in [-0.2, 0) is 0 Å². The molecule has 0 spiro atoms. The number of rotatable bonds is 6. The molecule has 6 heteroatoms. The monoisotopic (exact) mass is 394 g/mol. The van der Waals surface area contributed by atoms with E-state index >= 15 is 0 Å². The predicted molar refractivity (Wildman–Crippen MR) is 99.6 cm³/mol. The van der Waals surface area contributed by atoms with Crippen LogP contribution in [0.25, 0.3) is 6.08 Å². The molecule has 0 atom stereocenters. The zero-order valence-electron chi connectivity index (χ0n) is 15.6. The van der Waals surface area contributed by atoms with E-state index in [0.717, 1.165) is 12.8 Å². The summed E-state index contributed by atoms with van der Waals surface area (Å²) in [6.07, 6.45) is 4.04. The van der Waals surface area contributed by atoms with Gasteiger partial charge in [0.1, 0.15) is 0 Å². The minimum atomic E-state index is -1.03. The molecule has 0 amide bonds. The molecule has 3 rings (SSSR count). The Morgan fingerprint density at radius 3 is 2.18 bits per heavy atom. The Labute approximate surface area is 161 Å². The van der Waals surface area contributed by atoms with E-state index < -0.39 is 23.3 Å². The lowest BCUT2D eigenvalue weighted by Crippen LogP contribution is -2.20. The van der Waals surface area contributed by atoms with Gasteiger partial charge in [0.05, 0.1) is 13.7 Å². The third-order valence-corrected chi connectivity index (χ3v) is 5.35. The highest BCUT2D eigenvalue weighted by atomic mass is 19.2. The van der Waals surface area contributed by atoms with E-state index in [-0.39, 0.29) is 35.5 Å². The van der Waals surface area contributed by atoms with Crippen LogP contribution in [0.3, 0.4) is 0 Å². The van der Waals surface area contributed by atoms with E-state index in [2.05, 4.69) is 6.58 Å². The summed E-state index contributed by atoms with van der Waals surface area (Å²) >= 11 is 0. The van der Waals surface area contributed by atoms with Gasteiger partial charge < -0.3 is 9.47 Å². The highest BCUT2D eigenvalue weighted by Gasteiger charge is 2.27. The summed E-state index contributed by atoms with van der Waals surface area (Å²) in [6.45, 7) is 3.68. The summed E-state index contributed by atoms with van der Waals surface area (Å²) in [6, 6.07) is 5.81. The van der Waals surface area contributed by atoms with Crippen LogP contribution < -0.4 is 9.47 Å². The lowest BCUT2D eigenvalue weighted by molar-refractivity contribution is 0.191. The van der Waals surface area contributed by atoms with Crippen molar-refractivity contribution in [3.05, 3.63) is 65.2 Å². The van der Waals surface area contributed by atoms with E-state index in [9.17, 15) is 17.6 Å². The highest BCUT2D eigenvalue weighted by Crippen LogP contribution is 2.39. The summed E-state index contributed by atoms with van der Waals surface area (Å²) in [4.78, 5) is 0. The second kappa shape index (κ2) is 8.67. The zero-order chi connectivity index (χ0) is 20.3. The zero-order valence-corrected chi connectivity index (χ0v) is 15.6. The van der Waals surface area contributed by atoms with Crippen molar-refractivity contribution in [1.29, 1.82) is 0 Å². The molecule has 0 saturated heterocycles. The molecule has 1 aliphatic carbocycles. The summed E-state index contributed by atoms with van der Waals surface area (Å²) in [5.41, 5.74) is 0.435. The fraction of sp³-hybridized carbons (Fsp3) is 0.364. The molecule has 2 aromatic rings. The molecule has 2 nitrogen and oxygen atoms in total. The molecule has 0 unspecified atom stereocenters. The van der Waals surface area contributed by atoms with Crippen LogP contribution >= 0.6 is 0 Å². The molecule has 2 aromatic carbocycles. The number of hydrogen-bond donors (Lipinski definition) is 0. The van der Waals surface area contributed by atoms with Gasteiger partial charge in [-0.25, -0.2) is 8.78 Å². The van der Waals surface area contributed by atoms with E-state index in [1.54, 1.807) is 6.07 Å². The maximum Gasteiger partial charge on any atom is 0.201 e. The third-order valence-electron chi connectivity index (χ3n) is 5.35. The van der Waals surface area contributed by atoms with Crippen LogP contribution in [0.2, 0.25) is 0 Å². The summed E-state index contributed by atoms with van der Waals surface area (Å²) in [5.74, 6) is -4.02. The van der Waals surface area contributed by atoms with Gasteiger partial charge in [0.15, 0.2) is 23.1 Å². The largest absolute Gasteiger partial charge is 0.494 e. The van der Waals surface area contributed by atoms with Crippen molar-refractivity contribution < 1.29 is 27.0 Å². The fourth-order valence-electron chi connectivity index (χ4n) is 3.68. The minimum Gasteiger partial charge on any atom is -0.494 e. The molecule has 0 radical (unpaired) electrons. The number of ether oxygens (including phenoxy) is 2. The Morgan fingerprint density at radius 2 is 1.54 bits per heavy atom. The fourth-order valence-corrected chi connectivity index (χ4v) is 3.68. The SMILES string of the molecule is C=Cc1ccc(OCC2CCC(c3ccc(OC)c(F)c3F)CC2)c(F)c1F. The Bertz CT molecular complexity index is 858. The molecule has 0 N–H and O–H groups in total. The van der Waals surface area contributed by atoms with Gasteiger partial charge in [-0.15, -0.1) is 0 Å². The van der Waals surface area contributed by atoms with Gasteiger partial charge >= 0.3 is 0 Å². The van der Waals surface area contributed by atoms with Crippen LogP contribution in [0.1, 0.15) is 42.7 Å². The third kappa shape index (κ3) is 4.01. The predicted octanol–water partition coefficient (Wildman–Crippen LogP) is 6.25. The van der Waals surface area contributed by atoms with Gasteiger partial charge in [-0.3, -0.25) is 0 Å². The Kier molecular flexibility index (Phi) is 6.27. The first kappa shape index (κ1) is 20.2. The molecule has 28 heavy (non-hydrogen) atoms. The van der Waals surface area contributed by atoms with E-state index in [4.69, 9.17) is 9.47 Å².